The van der Waals surface area contributed by atoms with E-state index in [1.807, 2.05) is 0 Å². The van der Waals surface area contributed by atoms with E-state index >= 15 is 0 Å². The van der Waals surface area contributed by atoms with Crippen LogP contribution in [-0.2, 0) is 19.7 Å². The molecule has 222 valence electrons. The maximum atomic E-state index is 12.7. The van der Waals surface area contributed by atoms with Crippen LogP contribution in [-0.4, -0.2) is 30.4 Å². The normalized spacial score (nSPS) is 13.8. The van der Waals surface area contributed by atoms with Crippen molar-refractivity contribution in [2.75, 3.05) is 11.2 Å². The van der Waals surface area contributed by atoms with Gasteiger partial charge in [-0.3, -0.25) is 14.8 Å². The number of allylic oxidation sites excluding steroid dienone is 3. The number of fused-ring (bicyclic) bond motifs is 1. The van der Waals surface area contributed by atoms with Gasteiger partial charge in [0.05, 0.1) is 43.7 Å². The summed E-state index contributed by atoms with van der Waals surface area (Å²) >= 11 is 13.0. The fraction of sp³-hybridized carbons (Fsp3) is 0. The molecule has 0 aliphatic heterocycles. The summed E-state index contributed by atoms with van der Waals surface area (Å²) in [5.41, 5.74) is 10.5. The number of carboxylic acids is 1. The largest absolute Gasteiger partial charge is 1.00 e. The Bertz CT molecular complexity index is 2140. The van der Waals surface area contributed by atoms with Crippen molar-refractivity contribution in [3.05, 3.63) is 94.5 Å². The van der Waals surface area contributed by atoms with Crippen LogP contribution in [0.1, 0.15) is 0 Å². The first-order valence-electron chi connectivity index (χ1n) is 12.3. The first kappa shape index (κ1) is 37.4. The Morgan fingerprint density at radius 3 is 2.22 bits per heavy atom. The van der Waals surface area contributed by atoms with Gasteiger partial charge in [0, 0.05) is 22.1 Å². The average molecular weight is 696 g/mol. The van der Waals surface area contributed by atoms with Crippen molar-refractivity contribution in [1.82, 2.24) is 0 Å². The molecule has 0 fully saturated rings. The van der Waals surface area contributed by atoms with E-state index in [1.54, 1.807) is 30.3 Å². The third-order valence-electron chi connectivity index (χ3n) is 6.33. The molecule has 0 saturated carbocycles. The predicted molar refractivity (Wildman–Crippen MR) is 162 cm³/mol. The number of carbonyl (C=O) groups excluding carboxylic acids is 2. The Morgan fingerprint density at radius 1 is 0.913 bits per heavy atom. The molecule has 0 spiro atoms. The molecule has 0 saturated heterocycles. The van der Waals surface area contributed by atoms with Gasteiger partial charge in [0.25, 0.3) is 10.1 Å². The third kappa shape index (κ3) is 8.25. The number of carbonyl (C=O) groups is 2. The second-order valence-electron chi connectivity index (χ2n) is 9.25. The number of halogens is 2. The van der Waals surface area contributed by atoms with Gasteiger partial charge in [0.15, 0.2) is 5.78 Å². The SMILES string of the molecule is Nc1ccc2cc(S(=O)(=O)O)cc([O-])c2c1N=Nc1ccc(-c2ccc(NN=C3C=CC(=O)C(C(=O)[O-])=C3)cc2Cl)c(Cl)c1.[Na+].[Na+]. The Labute approximate surface area is 316 Å². The van der Waals surface area contributed by atoms with Crippen LogP contribution in [0.3, 0.4) is 0 Å². The maximum absolute atomic E-state index is 12.7. The minimum atomic E-state index is -4.60. The van der Waals surface area contributed by atoms with Crippen LogP contribution in [0, 0.1) is 0 Å². The van der Waals surface area contributed by atoms with Crippen molar-refractivity contribution < 1.29 is 91.9 Å². The molecule has 0 atom stereocenters. The van der Waals surface area contributed by atoms with Crippen LogP contribution in [0.15, 0.2) is 105 Å². The zero-order chi connectivity index (χ0) is 31.8. The Kier molecular flexibility index (Phi) is 12.4. The molecule has 46 heavy (non-hydrogen) atoms. The number of nitrogen functional groups attached to an aromatic ring is 1. The monoisotopic (exact) mass is 695 g/mol. The van der Waals surface area contributed by atoms with E-state index in [0.717, 1.165) is 24.3 Å². The van der Waals surface area contributed by atoms with Gasteiger partial charge >= 0.3 is 59.1 Å². The van der Waals surface area contributed by atoms with Gasteiger partial charge in [0.1, 0.15) is 5.69 Å². The molecule has 5 rings (SSSR count). The molecular formula is C29H17Cl2N5Na2O7S. The summed E-state index contributed by atoms with van der Waals surface area (Å²) in [6, 6.07) is 14.5. The first-order valence-corrected chi connectivity index (χ1v) is 14.5. The van der Waals surface area contributed by atoms with Gasteiger partial charge in [-0.2, -0.15) is 18.6 Å². The molecular weight excluding hydrogens is 679 g/mol. The first-order chi connectivity index (χ1) is 20.8. The van der Waals surface area contributed by atoms with E-state index in [2.05, 4.69) is 20.8 Å². The van der Waals surface area contributed by atoms with E-state index in [-0.39, 0.29) is 92.0 Å². The number of hydrogen-bond acceptors (Lipinski definition) is 11. The summed E-state index contributed by atoms with van der Waals surface area (Å²) in [5.74, 6) is -3.00. The molecule has 4 N–H and O–H groups in total. The van der Waals surface area contributed by atoms with Gasteiger partial charge < -0.3 is 20.7 Å². The number of ketones is 1. The van der Waals surface area contributed by atoms with Crippen molar-refractivity contribution in [1.29, 1.82) is 0 Å². The number of nitrogens with two attached hydrogens (primary N) is 1. The van der Waals surface area contributed by atoms with Crippen molar-refractivity contribution in [2.45, 2.75) is 4.90 Å². The number of azo groups is 1. The predicted octanol–water partition coefficient (Wildman–Crippen LogP) is -1.28. The van der Waals surface area contributed by atoms with Crippen molar-refractivity contribution >= 4 is 84.3 Å². The molecule has 0 aromatic heterocycles. The number of hydrogen-bond donors (Lipinski definition) is 3. The second-order valence-corrected chi connectivity index (χ2v) is 11.5. The minimum absolute atomic E-state index is 0. The van der Waals surface area contributed by atoms with Crippen LogP contribution in [0.25, 0.3) is 21.9 Å². The number of carboxylic acid groups (broad SMARTS) is 1. The third-order valence-corrected chi connectivity index (χ3v) is 7.79. The van der Waals surface area contributed by atoms with E-state index in [1.165, 1.54) is 24.3 Å². The van der Waals surface area contributed by atoms with Crippen LogP contribution < -0.4 is 80.5 Å². The van der Waals surface area contributed by atoms with Gasteiger partial charge in [-0.05, 0) is 66.1 Å². The van der Waals surface area contributed by atoms with Gasteiger partial charge in [0.2, 0.25) is 0 Å². The smallest absolute Gasteiger partial charge is 0.872 e. The number of rotatable bonds is 7. The van der Waals surface area contributed by atoms with Crippen LogP contribution in [0.5, 0.6) is 5.75 Å². The standard InChI is InChI=1S/C29H19Cl2N5O7S.2Na/c30-22-11-16(34-33-15-4-8-25(37)21(10-15)29(39)40)2-5-19(22)20-6-3-17(12-23(20)31)35-36-28-24(32)7-1-14-9-18(44(41,42)43)13-26(38)27(14)28;;/h1-13,34,38H,32H2,(H,39,40)(H,41,42,43);;/q;2*+1/p-2. The Morgan fingerprint density at radius 2 is 1.59 bits per heavy atom. The number of aliphatic carboxylic acids is 1. The quantitative estimate of drug-likeness (QED) is 0.0399. The van der Waals surface area contributed by atoms with Gasteiger partial charge in [-0.1, -0.05) is 47.2 Å². The number of benzene rings is 4. The maximum Gasteiger partial charge on any atom is 1.00 e. The van der Waals surface area contributed by atoms with Crippen LogP contribution in [0.2, 0.25) is 10.0 Å². The molecule has 1 aliphatic rings. The summed E-state index contributed by atoms with van der Waals surface area (Å²) in [7, 11) is -4.60. The fourth-order valence-corrected chi connectivity index (χ4v) is 5.32. The number of anilines is 2. The van der Waals surface area contributed by atoms with E-state index in [4.69, 9.17) is 28.9 Å². The van der Waals surface area contributed by atoms with Crippen molar-refractivity contribution in [2.24, 2.45) is 15.3 Å². The molecule has 1 aliphatic carbocycles. The summed E-state index contributed by atoms with van der Waals surface area (Å²) in [6.07, 6.45) is 3.52. The summed E-state index contributed by atoms with van der Waals surface area (Å²) in [6.45, 7) is 0. The molecule has 0 radical (unpaired) electrons. The average Bonchev–Trinajstić information content (AvgIpc) is 2.96. The molecule has 0 bridgehead atoms. The zero-order valence-electron chi connectivity index (χ0n) is 24.0. The molecule has 4 aromatic rings. The van der Waals surface area contributed by atoms with Crippen molar-refractivity contribution in [3.8, 4) is 16.9 Å². The summed E-state index contributed by atoms with van der Waals surface area (Å²) < 4.78 is 32.3. The van der Waals surface area contributed by atoms with Gasteiger partial charge in [-0.15, -0.1) is 5.11 Å². The molecule has 0 unspecified atom stereocenters. The van der Waals surface area contributed by atoms with E-state index < -0.39 is 38.1 Å². The van der Waals surface area contributed by atoms with Crippen molar-refractivity contribution in [3.63, 3.8) is 0 Å². The second kappa shape index (κ2) is 15.2. The summed E-state index contributed by atoms with van der Waals surface area (Å²) in [4.78, 5) is 22.1. The Hall–Kier alpha value is -3.08. The van der Waals surface area contributed by atoms with Crippen LogP contribution in [0.4, 0.5) is 22.7 Å². The number of hydrazone groups is 1. The van der Waals surface area contributed by atoms with Gasteiger partial charge in [-0.25, -0.2) is 0 Å². The topological polar surface area (TPSA) is 210 Å². The molecule has 17 heteroatoms. The summed E-state index contributed by atoms with van der Waals surface area (Å²) in [5, 5.41) is 36.9. The number of nitrogens with one attached hydrogen (secondary N) is 1. The molecule has 0 amide bonds. The van der Waals surface area contributed by atoms with E-state index in [9.17, 15) is 32.8 Å². The zero-order valence-corrected chi connectivity index (χ0v) is 30.3. The van der Waals surface area contributed by atoms with Crippen LogP contribution >= 0.6 is 23.2 Å². The Balaban J connectivity index is 0.00000288. The minimum Gasteiger partial charge on any atom is -0.872 e. The molecule has 4 aromatic carbocycles. The molecule has 12 nitrogen and oxygen atoms in total. The fourth-order valence-electron chi connectivity index (χ4n) is 4.23. The number of nitrogens with zero attached hydrogens (tertiary/aromatic N) is 3. The molecule has 0 heterocycles. The van der Waals surface area contributed by atoms with E-state index in [0.29, 0.717) is 27.5 Å².